The van der Waals surface area contributed by atoms with E-state index in [-0.39, 0.29) is 35.3 Å². The Kier molecular flexibility index (Phi) is 9.25. The van der Waals surface area contributed by atoms with Crippen molar-refractivity contribution in [3.63, 3.8) is 0 Å². The maximum absolute atomic E-state index is 13.3. The fraction of sp³-hybridized carbons (Fsp3) is 0.463. The molecule has 1 unspecified atom stereocenters. The van der Waals surface area contributed by atoms with E-state index in [4.69, 9.17) is 9.47 Å². The first-order valence-corrected chi connectivity index (χ1v) is 18.8. The number of methoxy groups -OCH3 is 2. The number of anilines is 1. The van der Waals surface area contributed by atoms with Crippen LogP contribution in [0.2, 0.25) is 0 Å². The molecule has 2 aromatic carbocycles. The van der Waals surface area contributed by atoms with Crippen LogP contribution in [0.1, 0.15) is 63.1 Å². The lowest BCUT2D eigenvalue weighted by Gasteiger charge is -2.55. The molecule has 5 aliphatic rings. The van der Waals surface area contributed by atoms with Gasteiger partial charge in [-0.3, -0.25) is 39.1 Å². The fourth-order valence-corrected chi connectivity index (χ4v) is 9.18. The van der Waals surface area contributed by atoms with E-state index < -0.39 is 23.8 Å². The summed E-state index contributed by atoms with van der Waals surface area (Å²) in [6.07, 6.45) is 4.20. The van der Waals surface area contributed by atoms with Crippen molar-refractivity contribution >= 4 is 29.3 Å². The highest BCUT2D eigenvalue weighted by Gasteiger charge is 2.48. The third-order valence-corrected chi connectivity index (χ3v) is 12.4. The van der Waals surface area contributed by atoms with Gasteiger partial charge in [0.1, 0.15) is 29.2 Å². The summed E-state index contributed by atoms with van der Waals surface area (Å²) in [5.74, 6) is 0.0284. The lowest BCUT2D eigenvalue weighted by atomic mass is 9.71. The number of aryl methyl sites for hydroxylation is 1. The van der Waals surface area contributed by atoms with E-state index in [0.717, 1.165) is 85.9 Å². The quantitative estimate of drug-likeness (QED) is 0.321. The molecule has 5 aliphatic heterocycles. The van der Waals surface area contributed by atoms with Gasteiger partial charge in [-0.1, -0.05) is 0 Å². The molecule has 4 amide bonds. The van der Waals surface area contributed by atoms with Crippen molar-refractivity contribution in [3.8, 4) is 28.7 Å². The fourth-order valence-electron chi connectivity index (χ4n) is 9.18. The summed E-state index contributed by atoms with van der Waals surface area (Å²) in [6, 6.07) is 10.4. The van der Waals surface area contributed by atoms with Gasteiger partial charge in [-0.15, -0.1) is 0 Å². The molecule has 0 radical (unpaired) electrons. The highest BCUT2D eigenvalue weighted by atomic mass is 16.5. The summed E-state index contributed by atoms with van der Waals surface area (Å²) in [4.78, 5) is 71.2. The SMILES string of the molecule is COc1cc(-c2cn(C)c(=O)c(C#N)c2C)cc(OC)c1CN1CC(CN2CCC3(CC2)CN(c2ccc4c(c2)C(=O)N(C2CCC(=O)NC2=O)C4=O)C3)C1. The first kappa shape index (κ1) is 36.5. The summed E-state index contributed by atoms with van der Waals surface area (Å²) < 4.78 is 13.1. The van der Waals surface area contributed by atoms with E-state index in [2.05, 4.69) is 26.1 Å². The zero-order valence-corrected chi connectivity index (χ0v) is 31.6. The number of carbonyl (C=O) groups excluding carboxylic acids is 4. The van der Waals surface area contributed by atoms with Crippen LogP contribution < -0.4 is 25.2 Å². The molecule has 8 rings (SSSR count). The molecule has 4 fully saturated rings. The Morgan fingerprint density at radius 3 is 2.22 bits per heavy atom. The average Bonchev–Trinajstić information content (AvgIpc) is 3.39. The van der Waals surface area contributed by atoms with Crippen molar-refractivity contribution in [2.75, 3.05) is 64.9 Å². The summed E-state index contributed by atoms with van der Waals surface area (Å²) in [7, 11) is 4.94. The molecular formula is C41H45N7O7. The second-order valence-corrected chi connectivity index (χ2v) is 15.8. The number of ether oxygens (including phenoxy) is 2. The zero-order chi connectivity index (χ0) is 38.8. The zero-order valence-electron chi connectivity index (χ0n) is 31.6. The molecule has 1 aromatic heterocycles. The number of fused-ring (bicyclic) bond motifs is 1. The topological polar surface area (TPSA) is 158 Å². The van der Waals surface area contributed by atoms with Crippen LogP contribution in [0.4, 0.5) is 5.69 Å². The Balaban J connectivity index is 0.833. The Labute approximate surface area is 319 Å². The summed E-state index contributed by atoms with van der Waals surface area (Å²) in [5.41, 5.74) is 4.77. The van der Waals surface area contributed by atoms with Gasteiger partial charge in [0.15, 0.2) is 0 Å². The standard InChI is InChI=1S/C41H45N7O7/c1-24-30(16-42)38(51)44(2)20-31(24)26-13-34(54-3)32(35(14-26)55-4)21-46-18-25(19-46)17-45-11-9-41(10-12-45)22-47(23-41)27-5-6-28-29(15-27)40(53)48(39(28)52)33-7-8-36(49)43-37(33)50/h5-6,13-15,20,25,33H,7-12,17-19,21-23H2,1-4H3,(H,43,49,50). The van der Waals surface area contributed by atoms with Crippen LogP contribution in [0.3, 0.4) is 0 Å². The predicted molar refractivity (Wildman–Crippen MR) is 202 cm³/mol. The second kappa shape index (κ2) is 14.0. The van der Waals surface area contributed by atoms with Gasteiger partial charge in [0, 0.05) is 75.6 Å². The number of pyridine rings is 1. The van der Waals surface area contributed by atoms with E-state index in [1.54, 1.807) is 46.5 Å². The van der Waals surface area contributed by atoms with Crippen molar-refractivity contribution in [2.45, 2.75) is 45.2 Å². The van der Waals surface area contributed by atoms with E-state index >= 15 is 0 Å². The molecule has 1 spiro atoms. The molecule has 286 valence electrons. The average molecular weight is 748 g/mol. The normalized spacial score (nSPS) is 21.3. The Hall–Kier alpha value is -5.52. The number of carbonyl (C=O) groups is 4. The lowest BCUT2D eigenvalue weighted by molar-refractivity contribution is -0.136. The molecule has 3 aromatic rings. The molecule has 4 saturated heterocycles. The number of nitriles is 1. The Morgan fingerprint density at radius 1 is 0.909 bits per heavy atom. The van der Waals surface area contributed by atoms with Crippen LogP contribution in [0.25, 0.3) is 11.1 Å². The van der Waals surface area contributed by atoms with Crippen LogP contribution in [-0.2, 0) is 23.2 Å². The molecule has 6 heterocycles. The number of amides is 4. The largest absolute Gasteiger partial charge is 0.496 e. The Morgan fingerprint density at radius 2 is 1.58 bits per heavy atom. The predicted octanol–water partition coefficient (Wildman–Crippen LogP) is 2.69. The number of benzene rings is 2. The highest BCUT2D eigenvalue weighted by molar-refractivity contribution is 6.23. The second-order valence-electron chi connectivity index (χ2n) is 15.8. The summed E-state index contributed by atoms with van der Waals surface area (Å²) >= 11 is 0. The van der Waals surface area contributed by atoms with E-state index in [1.807, 2.05) is 18.2 Å². The number of nitrogens with zero attached hydrogens (tertiary/aromatic N) is 6. The van der Waals surface area contributed by atoms with Gasteiger partial charge in [-0.05, 0) is 86.7 Å². The third kappa shape index (κ3) is 6.34. The number of likely N-dealkylation sites (tertiary alicyclic amines) is 2. The minimum atomic E-state index is -0.968. The van der Waals surface area contributed by atoms with Crippen LogP contribution in [0, 0.1) is 29.6 Å². The van der Waals surface area contributed by atoms with Crippen molar-refractivity contribution in [1.29, 1.82) is 5.26 Å². The van der Waals surface area contributed by atoms with Crippen molar-refractivity contribution in [1.82, 2.24) is 24.6 Å². The Bertz CT molecular complexity index is 2200. The number of rotatable bonds is 9. The summed E-state index contributed by atoms with van der Waals surface area (Å²) in [5, 5.41) is 11.9. The van der Waals surface area contributed by atoms with Gasteiger partial charge in [0.25, 0.3) is 17.4 Å². The van der Waals surface area contributed by atoms with Gasteiger partial charge >= 0.3 is 0 Å². The summed E-state index contributed by atoms with van der Waals surface area (Å²) in [6.45, 7) is 9.39. The van der Waals surface area contributed by atoms with Crippen molar-refractivity contribution in [2.24, 2.45) is 18.4 Å². The minimum absolute atomic E-state index is 0.0946. The molecule has 14 heteroatoms. The van der Waals surface area contributed by atoms with Crippen LogP contribution >= 0.6 is 0 Å². The number of hydrogen-bond acceptors (Lipinski definition) is 11. The molecule has 0 bridgehead atoms. The molecule has 1 N–H and O–H groups in total. The number of hydrogen-bond donors (Lipinski definition) is 1. The van der Waals surface area contributed by atoms with Gasteiger partial charge < -0.3 is 23.8 Å². The van der Waals surface area contributed by atoms with E-state index in [1.165, 1.54) is 4.57 Å². The minimum Gasteiger partial charge on any atom is -0.496 e. The van der Waals surface area contributed by atoms with Crippen LogP contribution in [-0.4, -0.2) is 109 Å². The first-order valence-electron chi connectivity index (χ1n) is 18.8. The third-order valence-electron chi connectivity index (χ3n) is 12.4. The maximum Gasteiger partial charge on any atom is 0.268 e. The van der Waals surface area contributed by atoms with Crippen molar-refractivity contribution in [3.05, 3.63) is 74.7 Å². The monoisotopic (exact) mass is 747 g/mol. The molecule has 14 nitrogen and oxygen atoms in total. The highest BCUT2D eigenvalue weighted by Crippen LogP contribution is 2.44. The van der Waals surface area contributed by atoms with Gasteiger partial charge in [-0.2, -0.15) is 5.26 Å². The van der Waals surface area contributed by atoms with Crippen LogP contribution in [0.5, 0.6) is 11.5 Å². The smallest absolute Gasteiger partial charge is 0.268 e. The molecule has 0 aliphatic carbocycles. The van der Waals surface area contributed by atoms with E-state index in [0.29, 0.717) is 40.7 Å². The molecule has 55 heavy (non-hydrogen) atoms. The van der Waals surface area contributed by atoms with Crippen molar-refractivity contribution < 1.29 is 28.7 Å². The van der Waals surface area contributed by atoms with Gasteiger partial charge in [0.05, 0.1) is 30.9 Å². The molecular weight excluding hydrogens is 702 g/mol. The van der Waals surface area contributed by atoms with E-state index in [9.17, 15) is 29.2 Å². The maximum atomic E-state index is 13.3. The molecule has 1 atom stereocenters. The molecule has 0 saturated carbocycles. The number of piperidine rings is 2. The first-order chi connectivity index (χ1) is 26.4. The number of imide groups is 2. The van der Waals surface area contributed by atoms with Crippen LogP contribution in [0.15, 0.2) is 41.3 Å². The van der Waals surface area contributed by atoms with Gasteiger partial charge in [0.2, 0.25) is 11.8 Å². The lowest BCUT2D eigenvalue weighted by Crippen LogP contribution is -2.61. The number of aromatic nitrogens is 1. The number of nitrogens with one attached hydrogen (secondary N) is 1. The van der Waals surface area contributed by atoms with Gasteiger partial charge in [-0.25, -0.2) is 0 Å².